The molecule has 0 aliphatic heterocycles. The van der Waals surface area contributed by atoms with E-state index in [0.717, 1.165) is 5.56 Å². The van der Waals surface area contributed by atoms with Gasteiger partial charge < -0.3 is 15.8 Å². The van der Waals surface area contributed by atoms with Gasteiger partial charge in [0.1, 0.15) is 11.9 Å². The van der Waals surface area contributed by atoms with Crippen molar-refractivity contribution in [1.29, 1.82) is 0 Å². The highest BCUT2D eigenvalue weighted by atomic mass is 35.5. The standard InChI is InChI=1S/C14H20ClFN2O2.ClH/c1-14(2,8-18-13(19)12(17)7-20-3)10-5-4-9(16)6-11(10)15;/h4-6,12H,7-8,17H2,1-3H3,(H,18,19);1H. The van der Waals surface area contributed by atoms with Gasteiger partial charge in [0.15, 0.2) is 0 Å². The number of rotatable bonds is 6. The smallest absolute Gasteiger partial charge is 0.239 e. The molecule has 0 aromatic heterocycles. The lowest BCUT2D eigenvalue weighted by Gasteiger charge is -2.27. The number of carbonyl (C=O) groups excluding carboxylic acids is 1. The molecule has 0 radical (unpaired) electrons. The summed E-state index contributed by atoms with van der Waals surface area (Å²) in [6.07, 6.45) is 0. The Kier molecular flexibility index (Phi) is 8.18. The minimum atomic E-state index is -0.709. The molecule has 3 N–H and O–H groups in total. The Balaban J connectivity index is 0.00000400. The average Bonchev–Trinajstić information content (AvgIpc) is 2.35. The first kappa shape index (κ1) is 20.1. The van der Waals surface area contributed by atoms with Crippen molar-refractivity contribution in [3.05, 3.63) is 34.6 Å². The highest BCUT2D eigenvalue weighted by Gasteiger charge is 2.25. The van der Waals surface area contributed by atoms with Gasteiger partial charge in [0.2, 0.25) is 5.91 Å². The van der Waals surface area contributed by atoms with Crippen LogP contribution in [-0.4, -0.2) is 32.2 Å². The summed E-state index contributed by atoms with van der Waals surface area (Å²) < 4.78 is 17.9. The number of hydrogen-bond donors (Lipinski definition) is 2. The van der Waals surface area contributed by atoms with Crippen molar-refractivity contribution in [3.8, 4) is 0 Å². The first-order valence-corrected chi connectivity index (χ1v) is 6.63. The summed E-state index contributed by atoms with van der Waals surface area (Å²) in [5.41, 5.74) is 5.96. The Morgan fingerprint density at radius 2 is 2.14 bits per heavy atom. The largest absolute Gasteiger partial charge is 0.383 e. The van der Waals surface area contributed by atoms with E-state index in [0.29, 0.717) is 11.6 Å². The average molecular weight is 339 g/mol. The van der Waals surface area contributed by atoms with Crippen molar-refractivity contribution >= 4 is 29.9 Å². The second-order valence-corrected chi connectivity index (χ2v) is 5.69. The van der Waals surface area contributed by atoms with E-state index in [9.17, 15) is 9.18 Å². The molecule has 4 nitrogen and oxygen atoms in total. The number of carbonyl (C=O) groups is 1. The third kappa shape index (κ3) is 5.79. The molecule has 21 heavy (non-hydrogen) atoms. The van der Waals surface area contributed by atoms with Crippen molar-refractivity contribution in [3.63, 3.8) is 0 Å². The van der Waals surface area contributed by atoms with Gasteiger partial charge >= 0.3 is 0 Å². The number of ether oxygens (including phenoxy) is 1. The predicted molar refractivity (Wildman–Crippen MR) is 84.5 cm³/mol. The van der Waals surface area contributed by atoms with E-state index in [2.05, 4.69) is 5.32 Å². The van der Waals surface area contributed by atoms with Crippen LogP contribution in [0.2, 0.25) is 5.02 Å². The Morgan fingerprint density at radius 1 is 1.52 bits per heavy atom. The number of methoxy groups -OCH3 is 1. The van der Waals surface area contributed by atoms with Crippen LogP contribution in [-0.2, 0) is 14.9 Å². The highest BCUT2D eigenvalue weighted by Crippen LogP contribution is 2.29. The van der Waals surface area contributed by atoms with Crippen molar-refractivity contribution < 1.29 is 13.9 Å². The minimum absolute atomic E-state index is 0. The van der Waals surface area contributed by atoms with E-state index in [4.69, 9.17) is 22.1 Å². The molecule has 7 heteroatoms. The molecule has 1 aromatic carbocycles. The second kappa shape index (κ2) is 8.54. The zero-order valence-electron chi connectivity index (χ0n) is 12.3. The molecule has 0 saturated carbocycles. The molecule has 120 valence electrons. The molecule has 1 atom stereocenters. The van der Waals surface area contributed by atoms with E-state index >= 15 is 0 Å². The molecule has 1 rings (SSSR count). The normalized spacial score (nSPS) is 12.5. The van der Waals surface area contributed by atoms with Crippen LogP contribution >= 0.6 is 24.0 Å². The fraction of sp³-hybridized carbons (Fsp3) is 0.500. The van der Waals surface area contributed by atoms with Gasteiger partial charge in [-0.15, -0.1) is 12.4 Å². The van der Waals surface area contributed by atoms with Gasteiger partial charge in [0.05, 0.1) is 6.61 Å². The zero-order valence-corrected chi connectivity index (χ0v) is 13.9. The molecule has 1 aromatic rings. The number of amides is 1. The fourth-order valence-electron chi connectivity index (χ4n) is 1.83. The maximum Gasteiger partial charge on any atom is 0.239 e. The van der Waals surface area contributed by atoms with Crippen molar-refractivity contribution in [1.82, 2.24) is 5.32 Å². The maximum absolute atomic E-state index is 13.1. The summed E-state index contributed by atoms with van der Waals surface area (Å²) in [6.45, 7) is 4.32. The number of hydrogen-bond acceptors (Lipinski definition) is 3. The molecule has 0 aliphatic rings. The molecule has 0 aliphatic carbocycles. The number of halogens is 3. The molecule has 1 amide bonds. The molecule has 0 spiro atoms. The number of nitrogens with two attached hydrogens (primary N) is 1. The molecule has 0 bridgehead atoms. The number of nitrogens with one attached hydrogen (secondary N) is 1. The molecule has 1 unspecified atom stereocenters. The lowest BCUT2D eigenvalue weighted by molar-refractivity contribution is -0.123. The van der Waals surface area contributed by atoms with E-state index in [-0.39, 0.29) is 30.7 Å². The van der Waals surface area contributed by atoms with Crippen LogP contribution in [0.4, 0.5) is 4.39 Å². The SMILES string of the molecule is COCC(N)C(=O)NCC(C)(C)c1ccc(F)cc1Cl.Cl. The summed E-state index contributed by atoms with van der Waals surface area (Å²) in [4.78, 5) is 11.7. The van der Waals surface area contributed by atoms with Crippen molar-refractivity contribution in [2.75, 3.05) is 20.3 Å². The van der Waals surface area contributed by atoms with Crippen LogP contribution in [0.25, 0.3) is 0 Å². The molecule has 0 heterocycles. The summed E-state index contributed by atoms with van der Waals surface area (Å²) in [7, 11) is 1.48. The first-order valence-electron chi connectivity index (χ1n) is 6.25. The molecular weight excluding hydrogens is 318 g/mol. The van der Waals surface area contributed by atoms with Crippen molar-refractivity contribution in [2.45, 2.75) is 25.3 Å². The maximum atomic E-state index is 13.1. The summed E-state index contributed by atoms with van der Waals surface area (Å²) >= 11 is 6.04. The van der Waals surface area contributed by atoms with Gasteiger partial charge in [-0.25, -0.2) is 4.39 Å². The fourth-order valence-corrected chi connectivity index (χ4v) is 2.25. The van der Waals surface area contributed by atoms with Gasteiger partial charge in [-0.1, -0.05) is 31.5 Å². The third-order valence-corrected chi connectivity index (χ3v) is 3.36. The minimum Gasteiger partial charge on any atom is -0.383 e. The van der Waals surface area contributed by atoms with E-state index in [1.807, 2.05) is 13.8 Å². The van der Waals surface area contributed by atoms with Gasteiger partial charge in [0.25, 0.3) is 0 Å². The summed E-state index contributed by atoms with van der Waals surface area (Å²) in [5, 5.41) is 3.09. The topological polar surface area (TPSA) is 64.3 Å². The van der Waals surface area contributed by atoms with Crippen LogP contribution in [0.3, 0.4) is 0 Å². The Bertz CT molecular complexity index is 484. The van der Waals surface area contributed by atoms with E-state index < -0.39 is 11.5 Å². The molecule has 0 saturated heterocycles. The highest BCUT2D eigenvalue weighted by molar-refractivity contribution is 6.31. The lowest BCUT2D eigenvalue weighted by Crippen LogP contribution is -2.47. The third-order valence-electron chi connectivity index (χ3n) is 3.05. The van der Waals surface area contributed by atoms with Crippen LogP contribution in [0, 0.1) is 5.82 Å². The monoisotopic (exact) mass is 338 g/mol. The molecule has 0 fully saturated rings. The van der Waals surface area contributed by atoms with Crippen LogP contribution in [0.15, 0.2) is 18.2 Å². The van der Waals surface area contributed by atoms with Gasteiger partial charge in [-0.3, -0.25) is 4.79 Å². The lowest BCUT2D eigenvalue weighted by atomic mass is 9.84. The van der Waals surface area contributed by atoms with Gasteiger partial charge in [0, 0.05) is 24.1 Å². The zero-order chi connectivity index (χ0) is 15.3. The predicted octanol–water partition coefficient (Wildman–Crippen LogP) is 2.27. The van der Waals surface area contributed by atoms with Crippen LogP contribution < -0.4 is 11.1 Å². The first-order chi connectivity index (χ1) is 9.27. The van der Waals surface area contributed by atoms with E-state index in [1.54, 1.807) is 6.07 Å². The molecular formula is C14H21Cl2FN2O2. The van der Waals surface area contributed by atoms with Crippen LogP contribution in [0.1, 0.15) is 19.4 Å². The van der Waals surface area contributed by atoms with Crippen LogP contribution in [0.5, 0.6) is 0 Å². The number of benzene rings is 1. The Morgan fingerprint density at radius 3 is 2.67 bits per heavy atom. The Hall–Kier alpha value is -0.880. The Labute approximate surface area is 135 Å². The van der Waals surface area contributed by atoms with E-state index in [1.165, 1.54) is 19.2 Å². The second-order valence-electron chi connectivity index (χ2n) is 5.29. The summed E-state index contributed by atoms with van der Waals surface area (Å²) in [5.74, 6) is -0.682. The summed E-state index contributed by atoms with van der Waals surface area (Å²) in [6, 6.07) is 3.52. The quantitative estimate of drug-likeness (QED) is 0.836. The van der Waals surface area contributed by atoms with Gasteiger partial charge in [-0.2, -0.15) is 0 Å². The van der Waals surface area contributed by atoms with Crippen molar-refractivity contribution in [2.24, 2.45) is 5.73 Å². The van der Waals surface area contributed by atoms with Gasteiger partial charge in [-0.05, 0) is 17.7 Å².